The number of hydrogen-bond donors (Lipinski definition) is 2. The lowest BCUT2D eigenvalue weighted by Crippen LogP contribution is -2.25. The van der Waals surface area contributed by atoms with Crippen LogP contribution in [0.4, 0.5) is 11.4 Å². The minimum Gasteiger partial charge on any atom is -0.463 e. The van der Waals surface area contributed by atoms with Crippen LogP contribution >= 0.6 is 11.6 Å². The number of aliphatic imine (C=N–C) groups is 1. The fourth-order valence-corrected chi connectivity index (χ4v) is 2.34. The van der Waals surface area contributed by atoms with E-state index in [4.69, 9.17) is 16.3 Å². The molecule has 5 heteroatoms. The highest BCUT2D eigenvalue weighted by Gasteiger charge is 2.05. The topological polar surface area (TPSA) is 45.7 Å². The predicted octanol–water partition coefficient (Wildman–Crippen LogP) is 3.60. The van der Waals surface area contributed by atoms with Gasteiger partial charge in [-0.1, -0.05) is 23.7 Å². The quantitative estimate of drug-likeness (QED) is 0.886. The van der Waals surface area contributed by atoms with Crippen molar-refractivity contribution in [1.82, 2.24) is 5.32 Å². The Morgan fingerprint density at radius 2 is 1.68 bits per heavy atom. The fraction of sp³-hybridized carbons (Fsp3) is 0.235. The second-order valence-electron chi connectivity index (χ2n) is 5.04. The van der Waals surface area contributed by atoms with Gasteiger partial charge in [0.25, 0.3) is 6.02 Å². The molecule has 2 aromatic rings. The summed E-state index contributed by atoms with van der Waals surface area (Å²) in [6.07, 6.45) is 0.934. The maximum Gasteiger partial charge on any atom is 0.284 e. The number of rotatable bonds is 5. The van der Waals surface area contributed by atoms with Crippen LogP contribution in [-0.4, -0.2) is 25.7 Å². The molecular weight excluding hydrogens is 298 g/mol. The molecule has 3 rings (SSSR count). The first-order chi connectivity index (χ1) is 10.8. The number of amidine groups is 1. The van der Waals surface area contributed by atoms with Gasteiger partial charge in [-0.15, -0.1) is 0 Å². The molecule has 22 heavy (non-hydrogen) atoms. The SMILES string of the molecule is Clc1ccc(Nc2ccc(CCNC3=NCCO3)cc2)cc1. The summed E-state index contributed by atoms with van der Waals surface area (Å²) in [6, 6.07) is 16.7. The first-order valence-corrected chi connectivity index (χ1v) is 7.70. The molecule has 2 aromatic carbocycles. The highest BCUT2D eigenvalue weighted by molar-refractivity contribution is 6.30. The predicted molar refractivity (Wildman–Crippen MR) is 91.1 cm³/mol. The third kappa shape index (κ3) is 4.15. The third-order valence-corrected chi connectivity index (χ3v) is 3.61. The Morgan fingerprint density at radius 3 is 2.32 bits per heavy atom. The Labute approximate surface area is 135 Å². The van der Waals surface area contributed by atoms with E-state index in [1.54, 1.807) is 0 Å². The first-order valence-electron chi connectivity index (χ1n) is 7.32. The summed E-state index contributed by atoms with van der Waals surface area (Å²) in [5, 5.41) is 7.28. The van der Waals surface area contributed by atoms with Gasteiger partial charge < -0.3 is 15.4 Å². The highest BCUT2D eigenvalue weighted by Crippen LogP contribution is 2.19. The van der Waals surface area contributed by atoms with E-state index in [2.05, 4.69) is 39.9 Å². The Morgan fingerprint density at radius 1 is 1.00 bits per heavy atom. The minimum atomic E-state index is 0.668. The molecule has 0 spiro atoms. The largest absolute Gasteiger partial charge is 0.463 e. The standard InChI is InChI=1S/C17H18ClN3O/c18-14-3-7-16(8-4-14)21-15-5-1-13(2-6-15)9-10-19-17-20-11-12-22-17/h1-8,21H,9-12H2,(H,19,20). The number of ether oxygens (including phenoxy) is 1. The Bertz CT molecular complexity index is 638. The maximum atomic E-state index is 5.88. The van der Waals surface area contributed by atoms with Crippen LogP contribution in [-0.2, 0) is 11.2 Å². The summed E-state index contributed by atoms with van der Waals surface area (Å²) >= 11 is 5.88. The molecule has 0 radical (unpaired) electrons. The van der Waals surface area contributed by atoms with Crippen LogP contribution in [0.15, 0.2) is 53.5 Å². The van der Waals surface area contributed by atoms with Crippen LogP contribution in [0.25, 0.3) is 0 Å². The van der Waals surface area contributed by atoms with Crippen LogP contribution in [0.1, 0.15) is 5.56 Å². The lowest BCUT2D eigenvalue weighted by atomic mass is 10.1. The van der Waals surface area contributed by atoms with Gasteiger partial charge in [-0.05, 0) is 48.4 Å². The van der Waals surface area contributed by atoms with E-state index in [1.165, 1.54) is 5.56 Å². The summed E-state index contributed by atoms with van der Waals surface area (Å²) in [6.45, 7) is 2.27. The van der Waals surface area contributed by atoms with Crippen molar-refractivity contribution >= 4 is 29.0 Å². The number of nitrogens with one attached hydrogen (secondary N) is 2. The van der Waals surface area contributed by atoms with E-state index < -0.39 is 0 Å². The Hall–Kier alpha value is -2.20. The van der Waals surface area contributed by atoms with Crippen molar-refractivity contribution in [2.24, 2.45) is 4.99 Å². The Balaban J connectivity index is 1.50. The number of nitrogens with zero attached hydrogens (tertiary/aromatic N) is 1. The molecule has 0 saturated carbocycles. The normalized spacial score (nSPS) is 13.4. The average Bonchev–Trinajstić information content (AvgIpc) is 3.05. The number of benzene rings is 2. The number of anilines is 2. The van der Waals surface area contributed by atoms with E-state index in [9.17, 15) is 0 Å². The van der Waals surface area contributed by atoms with Crippen molar-refractivity contribution in [2.75, 3.05) is 25.0 Å². The van der Waals surface area contributed by atoms with Gasteiger partial charge in [0.15, 0.2) is 0 Å². The molecule has 0 unspecified atom stereocenters. The van der Waals surface area contributed by atoms with Gasteiger partial charge in [-0.2, -0.15) is 0 Å². The van der Waals surface area contributed by atoms with Crippen molar-refractivity contribution in [3.05, 3.63) is 59.1 Å². The zero-order chi connectivity index (χ0) is 15.2. The van der Waals surface area contributed by atoms with E-state index in [-0.39, 0.29) is 0 Å². The second-order valence-corrected chi connectivity index (χ2v) is 5.48. The van der Waals surface area contributed by atoms with E-state index in [1.807, 2.05) is 24.3 Å². The molecule has 0 amide bonds. The molecule has 1 aliphatic rings. The van der Waals surface area contributed by atoms with Crippen LogP contribution in [0.3, 0.4) is 0 Å². The van der Waals surface area contributed by atoms with Crippen LogP contribution in [0, 0.1) is 0 Å². The van der Waals surface area contributed by atoms with E-state index in [0.717, 1.165) is 35.9 Å². The molecular formula is C17H18ClN3O. The monoisotopic (exact) mass is 315 g/mol. The smallest absolute Gasteiger partial charge is 0.284 e. The van der Waals surface area contributed by atoms with Gasteiger partial charge >= 0.3 is 0 Å². The molecule has 0 bridgehead atoms. The third-order valence-electron chi connectivity index (χ3n) is 3.36. The molecule has 2 N–H and O–H groups in total. The molecule has 0 aliphatic carbocycles. The lowest BCUT2D eigenvalue weighted by Gasteiger charge is -2.08. The molecule has 0 atom stereocenters. The van der Waals surface area contributed by atoms with Gasteiger partial charge in [-0.25, -0.2) is 4.99 Å². The molecule has 0 saturated heterocycles. The van der Waals surface area contributed by atoms with Crippen molar-refractivity contribution in [2.45, 2.75) is 6.42 Å². The zero-order valence-corrected chi connectivity index (χ0v) is 12.9. The van der Waals surface area contributed by atoms with Crippen molar-refractivity contribution in [3.8, 4) is 0 Å². The van der Waals surface area contributed by atoms with E-state index >= 15 is 0 Å². The molecule has 0 fully saturated rings. The molecule has 1 aliphatic heterocycles. The average molecular weight is 316 g/mol. The Kier molecular flexibility index (Phi) is 4.81. The van der Waals surface area contributed by atoms with E-state index in [0.29, 0.717) is 12.6 Å². The number of hydrogen-bond acceptors (Lipinski definition) is 4. The van der Waals surface area contributed by atoms with Crippen molar-refractivity contribution in [3.63, 3.8) is 0 Å². The van der Waals surface area contributed by atoms with Gasteiger partial charge in [0.1, 0.15) is 6.61 Å². The summed E-state index contributed by atoms with van der Waals surface area (Å²) in [4.78, 5) is 4.20. The van der Waals surface area contributed by atoms with Crippen LogP contribution < -0.4 is 10.6 Å². The molecule has 1 heterocycles. The van der Waals surface area contributed by atoms with Gasteiger partial charge in [0.05, 0.1) is 6.54 Å². The second kappa shape index (κ2) is 7.18. The summed E-state index contributed by atoms with van der Waals surface area (Å²) < 4.78 is 5.30. The maximum absolute atomic E-state index is 5.88. The lowest BCUT2D eigenvalue weighted by molar-refractivity contribution is 0.332. The van der Waals surface area contributed by atoms with Crippen molar-refractivity contribution in [1.29, 1.82) is 0 Å². The fourth-order valence-electron chi connectivity index (χ4n) is 2.21. The van der Waals surface area contributed by atoms with Gasteiger partial charge in [0, 0.05) is 22.9 Å². The van der Waals surface area contributed by atoms with Gasteiger partial charge in [-0.3, -0.25) is 0 Å². The summed E-state index contributed by atoms with van der Waals surface area (Å²) in [5.41, 5.74) is 3.35. The zero-order valence-electron chi connectivity index (χ0n) is 12.2. The molecule has 114 valence electrons. The first kappa shape index (κ1) is 14.7. The molecule has 0 aromatic heterocycles. The highest BCUT2D eigenvalue weighted by atomic mass is 35.5. The molecule has 4 nitrogen and oxygen atoms in total. The van der Waals surface area contributed by atoms with Crippen molar-refractivity contribution < 1.29 is 4.74 Å². The van der Waals surface area contributed by atoms with Crippen LogP contribution in [0.5, 0.6) is 0 Å². The van der Waals surface area contributed by atoms with Crippen LogP contribution in [0.2, 0.25) is 5.02 Å². The summed E-state index contributed by atoms with van der Waals surface area (Å²) in [7, 11) is 0. The van der Waals surface area contributed by atoms with Gasteiger partial charge in [0.2, 0.25) is 0 Å². The summed E-state index contributed by atoms with van der Waals surface area (Å²) in [5.74, 6) is 0. The minimum absolute atomic E-state index is 0.668. The number of halogens is 1.